The Morgan fingerprint density at radius 3 is 2.10 bits per heavy atom. The van der Waals surface area contributed by atoms with E-state index in [0.717, 1.165) is 0 Å². The number of esters is 1. The number of carbonyl (C=O) groups is 2. The summed E-state index contributed by atoms with van der Waals surface area (Å²) in [6, 6.07) is 6.48. The summed E-state index contributed by atoms with van der Waals surface area (Å²) in [5.74, 6) is 0.458. The normalized spacial score (nSPS) is 10.0. The van der Waals surface area contributed by atoms with Crippen LogP contribution in [0, 0.1) is 5.92 Å². The van der Waals surface area contributed by atoms with Crippen LogP contribution in [-0.4, -0.2) is 32.4 Å². The minimum absolute atomic E-state index is 0.00866. The van der Waals surface area contributed by atoms with E-state index in [1.807, 2.05) is 0 Å². The smallest absolute Gasteiger partial charge is 0.497 e. The Hall–Kier alpha value is -2.24. The van der Waals surface area contributed by atoms with Crippen molar-refractivity contribution < 1.29 is 28.5 Å². The second-order valence-electron chi connectivity index (χ2n) is 4.20. The molecule has 0 saturated carbocycles. The molecule has 0 fully saturated rings. The molecule has 0 heterocycles. The van der Waals surface area contributed by atoms with Gasteiger partial charge in [-0.3, -0.25) is 4.79 Å². The number of hydrogen-bond donors (Lipinski definition) is 0. The van der Waals surface area contributed by atoms with E-state index in [2.05, 4.69) is 0 Å². The molecule has 0 unspecified atom stereocenters. The van der Waals surface area contributed by atoms with Crippen LogP contribution in [0.25, 0.3) is 0 Å². The maximum absolute atomic E-state index is 11.3. The SMILES string of the molecule is COc1ccc(OC(=O)OCCOC(=O)C(C)C)cc1. The first-order valence-corrected chi connectivity index (χ1v) is 6.18. The van der Waals surface area contributed by atoms with Gasteiger partial charge in [0.1, 0.15) is 24.7 Å². The summed E-state index contributed by atoms with van der Waals surface area (Å²) in [6.07, 6.45) is -0.851. The topological polar surface area (TPSA) is 71.1 Å². The summed E-state index contributed by atoms with van der Waals surface area (Å²) in [4.78, 5) is 22.5. The molecule has 0 bridgehead atoms. The van der Waals surface area contributed by atoms with Crippen LogP contribution in [0.3, 0.4) is 0 Å². The second kappa shape index (κ2) is 8.04. The molecule has 0 saturated heterocycles. The van der Waals surface area contributed by atoms with Crippen molar-refractivity contribution in [3.05, 3.63) is 24.3 Å². The molecule has 0 spiro atoms. The van der Waals surface area contributed by atoms with Gasteiger partial charge in [-0.15, -0.1) is 0 Å². The highest BCUT2D eigenvalue weighted by molar-refractivity contribution is 5.71. The predicted molar refractivity (Wildman–Crippen MR) is 70.8 cm³/mol. The molecule has 110 valence electrons. The molecule has 0 aliphatic carbocycles. The molecular formula is C14H18O6. The fourth-order valence-corrected chi connectivity index (χ4v) is 1.20. The van der Waals surface area contributed by atoms with E-state index in [1.165, 1.54) is 0 Å². The summed E-state index contributed by atoms with van der Waals surface area (Å²) >= 11 is 0. The monoisotopic (exact) mass is 282 g/mol. The van der Waals surface area contributed by atoms with Gasteiger partial charge in [-0.1, -0.05) is 13.8 Å². The molecule has 0 radical (unpaired) electrons. The molecule has 0 aliphatic heterocycles. The summed E-state index contributed by atoms with van der Waals surface area (Å²) < 4.78 is 19.5. The lowest BCUT2D eigenvalue weighted by Crippen LogP contribution is -2.18. The summed E-state index contributed by atoms with van der Waals surface area (Å²) in [5, 5.41) is 0. The van der Waals surface area contributed by atoms with E-state index in [-0.39, 0.29) is 25.1 Å². The molecule has 0 aromatic heterocycles. The molecule has 20 heavy (non-hydrogen) atoms. The lowest BCUT2D eigenvalue weighted by Gasteiger charge is -2.08. The first-order chi connectivity index (χ1) is 9.52. The lowest BCUT2D eigenvalue weighted by atomic mass is 10.2. The summed E-state index contributed by atoms with van der Waals surface area (Å²) in [7, 11) is 1.54. The van der Waals surface area contributed by atoms with Crippen molar-refractivity contribution in [2.45, 2.75) is 13.8 Å². The number of methoxy groups -OCH3 is 1. The zero-order chi connectivity index (χ0) is 15.0. The van der Waals surface area contributed by atoms with Gasteiger partial charge in [0, 0.05) is 0 Å². The third-order valence-electron chi connectivity index (χ3n) is 2.28. The average Bonchev–Trinajstić information content (AvgIpc) is 2.44. The van der Waals surface area contributed by atoms with Crippen LogP contribution in [0.1, 0.15) is 13.8 Å². The minimum Gasteiger partial charge on any atom is -0.497 e. The number of hydrogen-bond acceptors (Lipinski definition) is 6. The summed E-state index contributed by atoms with van der Waals surface area (Å²) in [6.45, 7) is 3.41. The Bertz CT molecular complexity index is 437. The minimum atomic E-state index is -0.851. The van der Waals surface area contributed by atoms with Gasteiger partial charge in [-0.2, -0.15) is 0 Å². The van der Waals surface area contributed by atoms with E-state index >= 15 is 0 Å². The van der Waals surface area contributed by atoms with E-state index in [0.29, 0.717) is 11.5 Å². The fourth-order valence-electron chi connectivity index (χ4n) is 1.20. The van der Waals surface area contributed by atoms with Crippen LogP contribution in [0.15, 0.2) is 24.3 Å². The Kier molecular flexibility index (Phi) is 6.36. The van der Waals surface area contributed by atoms with Gasteiger partial charge < -0.3 is 18.9 Å². The van der Waals surface area contributed by atoms with Crippen LogP contribution in [-0.2, 0) is 14.3 Å². The predicted octanol–water partition coefficient (Wildman–Crippen LogP) is 2.41. The molecule has 0 aliphatic rings. The van der Waals surface area contributed by atoms with Gasteiger partial charge >= 0.3 is 12.1 Å². The van der Waals surface area contributed by atoms with Crippen LogP contribution in [0.5, 0.6) is 11.5 Å². The highest BCUT2D eigenvalue weighted by atomic mass is 16.7. The van der Waals surface area contributed by atoms with E-state index in [4.69, 9.17) is 18.9 Å². The van der Waals surface area contributed by atoms with Gasteiger partial charge in [0.25, 0.3) is 0 Å². The molecule has 0 N–H and O–H groups in total. The average molecular weight is 282 g/mol. The van der Waals surface area contributed by atoms with Gasteiger partial charge in [0.05, 0.1) is 13.0 Å². The molecule has 1 aromatic rings. The fraction of sp³-hybridized carbons (Fsp3) is 0.429. The van der Waals surface area contributed by atoms with Gasteiger partial charge in [-0.05, 0) is 24.3 Å². The van der Waals surface area contributed by atoms with Crippen molar-refractivity contribution in [1.29, 1.82) is 0 Å². The largest absolute Gasteiger partial charge is 0.513 e. The van der Waals surface area contributed by atoms with Crippen molar-refractivity contribution in [2.24, 2.45) is 5.92 Å². The van der Waals surface area contributed by atoms with Crippen molar-refractivity contribution in [2.75, 3.05) is 20.3 Å². The Balaban J connectivity index is 2.24. The molecular weight excluding hydrogens is 264 g/mol. The summed E-state index contributed by atoms with van der Waals surface area (Å²) in [5.41, 5.74) is 0. The standard InChI is InChI=1S/C14H18O6/c1-10(2)13(15)18-8-9-19-14(16)20-12-6-4-11(17-3)5-7-12/h4-7,10H,8-9H2,1-3H3. The van der Waals surface area contributed by atoms with Crippen LogP contribution in [0.4, 0.5) is 4.79 Å². The Morgan fingerprint density at radius 1 is 1.00 bits per heavy atom. The number of ether oxygens (including phenoxy) is 4. The molecule has 6 heteroatoms. The van der Waals surface area contributed by atoms with Gasteiger partial charge in [-0.25, -0.2) is 4.79 Å². The number of carbonyl (C=O) groups excluding carboxylic acids is 2. The van der Waals surface area contributed by atoms with Crippen molar-refractivity contribution in [3.8, 4) is 11.5 Å². The Morgan fingerprint density at radius 2 is 1.55 bits per heavy atom. The van der Waals surface area contributed by atoms with Crippen LogP contribution in [0.2, 0.25) is 0 Å². The van der Waals surface area contributed by atoms with Gasteiger partial charge in [0.2, 0.25) is 0 Å². The van der Waals surface area contributed by atoms with Crippen molar-refractivity contribution in [1.82, 2.24) is 0 Å². The number of benzene rings is 1. The lowest BCUT2D eigenvalue weighted by molar-refractivity contribution is -0.148. The van der Waals surface area contributed by atoms with Crippen LogP contribution < -0.4 is 9.47 Å². The van der Waals surface area contributed by atoms with Crippen molar-refractivity contribution in [3.63, 3.8) is 0 Å². The molecule has 6 nitrogen and oxygen atoms in total. The maximum atomic E-state index is 11.3. The molecule has 0 atom stereocenters. The maximum Gasteiger partial charge on any atom is 0.513 e. The zero-order valence-electron chi connectivity index (χ0n) is 11.8. The highest BCUT2D eigenvalue weighted by Crippen LogP contribution is 2.17. The van der Waals surface area contributed by atoms with Crippen LogP contribution >= 0.6 is 0 Å². The quantitative estimate of drug-likeness (QED) is 0.453. The van der Waals surface area contributed by atoms with E-state index < -0.39 is 6.16 Å². The third-order valence-corrected chi connectivity index (χ3v) is 2.28. The molecule has 1 rings (SSSR count). The van der Waals surface area contributed by atoms with Crippen molar-refractivity contribution >= 4 is 12.1 Å². The second-order valence-corrected chi connectivity index (χ2v) is 4.20. The first kappa shape index (κ1) is 15.8. The first-order valence-electron chi connectivity index (χ1n) is 6.18. The Labute approximate surface area is 117 Å². The van der Waals surface area contributed by atoms with E-state index in [9.17, 15) is 9.59 Å². The van der Waals surface area contributed by atoms with Gasteiger partial charge in [0.15, 0.2) is 0 Å². The molecule has 0 amide bonds. The van der Waals surface area contributed by atoms with E-state index in [1.54, 1.807) is 45.2 Å². The zero-order valence-corrected chi connectivity index (χ0v) is 11.8. The highest BCUT2D eigenvalue weighted by Gasteiger charge is 2.09. The molecule has 1 aromatic carbocycles. The third kappa shape index (κ3) is 5.60. The number of rotatable bonds is 6.